The summed E-state index contributed by atoms with van der Waals surface area (Å²) in [6.07, 6.45) is 1.60. The second-order valence-corrected chi connectivity index (χ2v) is 9.08. The van der Waals surface area contributed by atoms with Crippen LogP contribution in [0.4, 0.5) is 0 Å². The van der Waals surface area contributed by atoms with Crippen molar-refractivity contribution in [3.05, 3.63) is 53.5 Å². The summed E-state index contributed by atoms with van der Waals surface area (Å²) in [5.74, 6) is 0.735. The highest BCUT2D eigenvalue weighted by Crippen LogP contribution is 2.22. The van der Waals surface area contributed by atoms with Crippen molar-refractivity contribution >= 4 is 15.9 Å². The maximum absolute atomic E-state index is 12.9. The van der Waals surface area contributed by atoms with Crippen LogP contribution in [0.2, 0.25) is 0 Å². The van der Waals surface area contributed by atoms with Crippen LogP contribution in [0.25, 0.3) is 0 Å². The first kappa shape index (κ1) is 20.6. The largest absolute Gasteiger partial charge is 0.468 e. The zero-order chi connectivity index (χ0) is 20.3. The van der Waals surface area contributed by atoms with E-state index in [1.807, 2.05) is 45.0 Å². The fraction of sp³-hybridized carbons (Fsp3) is 0.450. The average Bonchev–Trinajstić information content (AvgIpc) is 3.20. The summed E-state index contributed by atoms with van der Waals surface area (Å²) in [7, 11) is -3.55. The van der Waals surface area contributed by atoms with E-state index >= 15 is 0 Å². The Morgan fingerprint density at radius 3 is 2.50 bits per heavy atom. The van der Waals surface area contributed by atoms with Gasteiger partial charge in [-0.25, -0.2) is 8.42 Å². The first-order valence-electron chi connectivity index (χ1n) is 9.41. The Morgan fingerprint density at radius 2 is 1.89 bits per heavy atom. The Kier molecular flexibility index (Phi) is 6.22. The Hall–Kier alpha value is -2.16. The minimum Gasteiger partial charge on any atom is -0.468 e. The number of nitrogens with zero attached hydrogens (tertiary/aromatic N) is 2. The Balaban J connectivity index is 1.55. The molecule has 0 saturated carbocycles. The lowest BCUT2D eigenvalue weighted by Gasteiger charge is -2.34. The third-order valence-corrected chi connectivity index (χ3v) is 7.13. The third kappa shape index (κ3) is 4.45. The standard InChI is InChI=1S/C20H27N3O4S/c1-15-6-7-19(16(2)13-15)28(25,26)23-10-8-22(9-11-23)20(24)14-21-17(3)18-5-4-12-27-18/h4-7,12-13,17,21H,8-11,14H2,1-3H3/t17-/m0/s1. The van der Waals surface area contributed by atoms with E-state index in [0.29, 0.717) is 31.1 Å². The predicted molar refractivity (Wildman–Crippen MR) is 106 cm³/mol. The molecule has 0 aliphatic carbocycles. The molecule has 1 aromatic heterocycles. The lowest BCUT2D eigenvalue weighted by Crippen LogP contribution is -2.52. The number of piperazine rings is 1. The van der Waals surface area contributed by atoms with Crippen molar-refractivity contribution in [2.24, 2.45) is 0 Å². The van der Waals surface area contributed by atoms with Gasteiger partial charge in [0.25, 0.3) is 0 Å². The van der Waals surface area contributed by atoms with Crippen molar-refractivity contribution in [2.45, 2.75) is 31.7 Å². The van der Waals surface area contributed by atoms with E-state index in [4.69, 9.17) is 4.42 Å². The highest BCUT2D eigenvalue weighted by molar-refractivity contribution is 7.89. The Morgan fingerprint density at radius 1 is 1.18 bits per heavy atom. The van der Waals surface area contributed by atoms with E-state index in [0.717, 1.165) is 16.9 Å². The number of carbonyl (C=O) groups is 1. The summed E-state index contributed by atoms with van der Waals surface area (Å²) in [5.41, 5.74) is 1.78. The van der Waals surface area contributed by atoms with Gasteiger partial charge in [-0.15, -0.1) is 0 Å². The predicted octanol–water partition coefficient (Wildman–Crippen LogP) is 2.08. The summed E-state index contributed by atoms with van der Waals surface area (Å²) in [5, 5.41) is 3.15. The first-order valence-corrected chi connectivity index (χ1v) is 10.8. The van der Waals surface area contributed by atoms with Crippen molar-refractivity contribution < 1.29 is 17.6 Å². The molecule has 152 valence electrons. The van der Waals surface area contributed by atoms with Crippen molar-refractivity contribution in [2.75, 3.05) is 32.7 Å². The highest BCUT2D eigenvalue weighted by Gasteiger charge is 2.31. The summed E-state index contributed by atoms with van der Waals surface area (Å²) in [6.45, 7) is 7.25. The minimum atomic E-state index is -3.55. The van der Waals surface area contributed by atoms with Gasteiger partial charge in [-0.2, -0.15) is 4.31 Å². The Labute approximate surface area is 166 Å². The molecule has 1 fully saturated rings. The maximum atomic E-state index is 12.9. The zero-order valence-corrected chi connectivity index (χ0v) is 17.3. The van der Waals surface area contributed by atoms with Gasteiger partial charge in [0.05, 0.1) is 23.7 Å². The van der Waals surface area contributed by atoms with Crippen LogP contribution in [0, 0.1) is 13.8 Å². The molecule has 1 atom stereocenters. The van der Waals surface area contributed by atoms with Crippen molar-refractivity contribution in [1.29, 1.82) is 0 Å². The van der Waals surface area contributed by atoms with E-state index in [-0.39, 0.29) is 18.5 Å². The van der Waals surface area contributed by atoms with Gasteiger partial charge in [0.15, 0.2) is 0 Å². The van der Waals surface area contributed by atoms with Gasteiger partial charge in [0, 0.05) is 26.2 Å². The topological polar surface area (TPSA) is 82.9 Å². The third-order valence-electron chi connectivity index (χ3n) is 5.07. The molecule has 2 heterocycles. The number of carbonyl (C=O) groups excluding carboxylic acids is 1. The molecule has 1 aliphatic heterocycles. The smallest absolute Gasteiger partial charge is 0.243 e. The number of amides is 1. The number of rotatable bonds is 6. The molecule has 0 unspecified atom stereocenters. The van der Waals surface area contributed by atoms with Gasteiger partial charge in [-0.05, 0) is 44.5 Å². The Bertz CT molecular complexity index is 917. The summed E-state index contributed by atoms with van der Waals surface area (Å²) in [4.78, 5) is 14.5. The fourth-order valence-electron chi connectivity index (χ4n) is 3.40. The van der Waals surface area contributed by atoms with Crippen molar-refractivity contribution in [1.82, 2.24) is 14.5 Å². The summed E-state index contributed by atoms with van der Waals surface area (Å²) < 4.78 is 32.7. The number of hydrogen-bond acceptors (Lipinski definition) is 5. The zero-order valence-electron chi connectivity index (χ0n) is 16.5. The van der Waals surface area contributed by atoms with Crippen molar-refractivity contribution in [3.8, 4) is 0 Å². The first-order chi connectivity index (χ1) is 13.3. The van der Waals surface area contributed by atoms with Gasteiger partial charge in [-0.1, -0.05) is 17.7 Å². The van der Waals surface area contributed by atoms with Crippen LogP contribution < -0.4 is 5.32 Å². The monoisotopic (exact) mass is 405 g/mol. The summed E-state index contributed by atoms with van der Waals surface area (Å²) >= 11 is 0. The molecule has 2 aromatic rings. The van der Waals surface area contributed by atoms with Crippen LogP contribution in [0.5, 0.6) is 0 Å². The highest BCUT2D eigenvalue weighted by atomic mass is 32.2. The van der Waals surface area contributed by atoms with Crippen LogP contribution in [0.3, 0.4) is 0 Å². The van der Waals surface area contributed by atoms with Crippen LogP contribution in [0.1, 0.15) is 29.9 Å². The van der Waals surface area contributed by atoms with Crippen LogP contribution in [-0.4, -0.2) is 56.3 Å². The molecule has 1 aromatic carbocycles. The average molecular weight is 406 g/mol. The molecule has 28 heavy (non-hydrogen) atoms. The van der Waals surface area contributed by atoms with Crippen LogP contribution in [0.15, 0.2) is 45.9 Å². The SMILES string of the molecule is Cc1ccc(S(=O)(=O)N2CCN(C(=O)CN[C@@H](C)c3ccco3)CC2)c(C)c1. The molecular formula is C20H27N3O4S. The lowest BCUT2D eigenvalue weighted by atomic mass is 10.2. The van der Waals surface area contributed by atoms with Crippen LogP contribution >= 0.6 is 0 Å². The van der Waals surface area contributed by atoms with E-state index in [2.05, 4.69) is 5.32 Å². The number of hydrogen-bond donors (Lipinski definition) is 1. The molecule has 1 N–H and O–H groups in total. The van der Waals surface area contributed by atoms with Gasteiger partial charge >= 0.3 is 0 Å². The van der Waals surface area contributed by atoms with E-state index in [1.54, 1.807) is 17.2 Å². The molecule has 0 bridgehead atoms. The molecule has 8 heteroatoms. The quantitative estimate of drug-likeness (QED) is 0.796. The maximum Gasteiger partial charge on any atom is 0.243 e. The number of benzene rings is 1. The molecule has 3 rings (SSSR count). The second kappa shape index (κ2) is 8.46. The van der Waals surface area contributed by atoms with Gasteiger partial charge in [0.2, 0.25) is 15.9 Å². The van der Waals surface area contributed by atoms with Gasteiger partial charge < -0.3 is 9.32 Å². The second-order valence-electron chi connectivity index (χ2n) is 7.17. The van der Waals surface area contributed by atoms with Crippen molar-refractivity contribution in [3.63, 3.8) is 0 Å². The number of furan rings is 1. The number of aryl methyl sites for hydroxylation is 2. The minimum absolute atomic E-state index is 0.0398. The fourth-order valence-corrected chi connectivity index (χ4v) is 5.02. The van der Waals surface area contributed by atoms with E-state index in [1.165, 1.54) is 4.31 Å². The number of sulfonamides is 1. The van der Waals surface area contributed by atoms with Gasteiger partial charge in [-0.3, -0.25) is 10.1 Å². The van der Waals surface area contributed by atoms with E-state index in [9.17, 15) is 13.2 Å². The molecule has 0 radical (unpaired) electrons. The van der Waals surface area contributed by atoms with Crippen LogP contribution in [-0.2, 0) is 14.8 Å². The molecule has 7 nitrogen and oxygen atoms in total. The number of nitrogens with one attached hydrogen (secondary N) is 1. The molecule has 1 saturated heterocycles. The lowest BCUT2D eigenvalue weighted by molar-refractivity contribution is -0.131. The molecule has 1 amide bonds. The van der Waals surface area contributed by atoms with E-state index < -0.39 is 10.0 Å². The molecular weight excluding hydrogens is 378 g/mol. The summed E-state index contributed by atoms with van der Waals surface area (Å²) in [6, 6.07) is 8.95. The normalized spacial score (nSPS) is 16.9. The molecule has 1 aliphatic rings. The molecule has 0 spiro atoms. The van der Waals surface area contributed by atoms with Gasteiger partial charge in [0.1, 0.15) is 5.76 Å².